The van der Waals surface area contributed by atoms with Crippen LogP contribution in [0.2, 0.25) is 0 Å². The van der Waals surface area contributed by atoms with Gasteiger partial charge in [-0.1, -0.05) is 44.2 Å². The van der Waals surface area contributed by atoms with E-state index in [9.17, 15) is 4.79 Å². The summed E-state index contributed by atoms with van der Waals surface area (Å²) in [5.41, 5.74) is 0.550. The number of carbonyl (C=O) groups is 1. The molecule has 1 aromatic carbocycles. The summed E-state index contributed by atoms with van der Waals surface area (Å²) in [4.78, 5) is 11.5. The highest BCUT2D eigenvalue weighted by atomic mass is 16.7. The first kappa shape index (κ1) is 11.1. The molecular formula is C13H16O3. The third-order valence-electron chi connectivity index (χ3n) is 3.14. The van der Waals surface area contributed by atoms with E-state index in [0.717, 1.165) is 5.56 Å². The largest absolute Gasteiger partial charge is 0.467 e. The highest BCUT2D eigenvalue weighted by Gasteiger charge is 2.64. The van der Waals surface area contributed by atoms with Crippen molar-refractivity contribution in [1.29, 1.82) is 0 Å². The highest BCUT2D eigenvalue weighted by molar-refractivity contribution is 5.80. The molecule has 1 saturated heterocycles. The van der Waals surface area contributed by atoms with Crippen molar-refractivity contribution in [2.75, 3.05) is 7.11 Å². The minimum atomic E-state index is -0.492. The van der Waals surface area contributed by atoms with Crippen LogP contribution in [0.1, 0.15) is 19.4 Å². The van der Waals surface area contributed by atoms with Crippen LogP contribution in [0.25, 0.3) is 0 Å². The molecule has 1 aromatic rings. The van der Waals surface area contributed by atoms with Crippen LogP contribution in [-0.4, -0.2) is 19.2 Å². The molecule has 0 bridgehead atoms. The van der Waals surface area contributed by atoms with Crippen molar-refractivity contribution in [3.63, 3.8) is 0 Å². The summed E-state index contributed by atoms with van der Waals surface area (Å²) in [6, 6.07) is 9.84. The number of ether oxygens (including phenoxy) is 2. The fourth-order valence-electron chi connectivity index (χ4n) is 2.18. The van der Waals surface area contributed by atoms with Gasteiger partial charge in [0, 0.05) is 0 Å². The molecular weight excluding hydrogens is 204 g/mol. The van der Waals surface area contributed by atoms with Crippen LogP contribution in [0, 0.1) is 5.92 Å². The molecule has 2 unspecified atom stereocenters. The Morgan fingerprint density at radius 1 is 1.38 bits per heavy atom. The third kappa shape index (κ3) is 1.52. The smallest absolute Gasteiger partial charge is 0.338 e. The van der Waals surface area contributed by atoms with Gasteiger partial charge in [0.2, 0.25) is 0 Å². The van der Waals surface area contributed by atoms with E-state index in [1.54, 1.807) is 0 Å². The van der Waals surface area contributed by atoms with Crippen molar-refractivity contribution in [2.24, 2.45) is 5.92 Å². The lowest BCUT2D eigenvalue weighted by Crippen LogP contribution is -2.25. The van der Waals surface area contributed by atoms with Crippen LogP contribution in [0.3, 0.4) is 0 Å². The van der Waals surface area contributed by atoms with E-state index in [4.69, 9.17) is 9.47 Å². The summed E-state index contributed by atoms with van der Waals surface area (Å²) >= 11 is 0. The SMILES string of the molecule is COC(=O)C1OC1(c1ccccc1)C(C)C. The Labute approximate surface area is 95.4 Å². The van der Waals surface area contributed by atoms with Crippen molar-refractivity contribution < 1.29 is 14.3 Å². The minimum Gasteiger partial charge on any atom is -0.467 e. The maximum atomic E-state index is 11.5. The van der Waals surface area contributed by atoms with Gasteiger partial charge in [0.15, 0.2) is 6.10 Å². The summed E-state index contributed by atoms with van der Waals surface area (Å²) in [6.45, 7) is 4.10. The van der Waals surface area contributed by atoms with Gasteiger partial charge in [0.25, 0.3) is 0 Å². The van der Waals surface area contributed by atoms with Crippen LogP contribution in [0.5, 0.6) is 0 Å². The van der Waals surface area contributed by atoms with Crippen molar-refractivity contribution in [3.05, 3.63) is 35.9 Å². The van der Waals surface area contributed by atoms with Gasteiger partial charge >= 0.3 is 5.97 Å². The molecule has 86 valence electrons. The first-order chi connectivity index (χ1) is 7.63. The zero-order chi connectivity index (χ0) is 11.8. The number of hydrogen-bond donors (Lipinski definition) is 0. The number of methoxy groups -OCH3 is 1. The monoisotopic (exact) mass is 220 g/mol. The summed E-state index contributed by atoms with van der Waals surface area (Å²) in [5, 5.41) is 0. The Bertz CT molecular complexity index is 385. The van der Waals surface area contributed by atoms with Crippen LogP contribution in [0.15, 0.2) is 30.3 Å². The fourth-order valence-corrected chi connectivity index (χ4v) is 2.18. The summed E-state index contributed by atoms with van der Waals surface area (Å²) in [6.07, 6.45) is -0.458. The van der Waals surface area contributed by atoms with Crippen molar-refractivity contribution in [1.82, 2.24) is 0 Å². The van der Waals surface area contributed by atoms with E-state index in [-0.39, 0.29) is 11.9 Å². The van der Waals surface area contributed by atoms with E-state index in [1.165, 1.54) is 7.11 Å². The summed E-state index contributed by atoms with van der Waals surface area (Å²) in [7, 11) is 1.39. The number of esters is 1. The molecule has 1 aliphatic heterocycles. The van der Waals surface area contributed by atoms with Gasteiger partial charge in [0.1, 0.15) is 5.60 Å². The molecule has 3 heteroatoms. The van der Waals surface area contributed by atoms with E-state index in [1.807, 2.05) is 30.3 Å². The topological polar surface area (TPSA) is 38.8 Å². The summed E-state index contributed by atoms with van der Waals surface area (Å²) < 4.78 is 10.4. The number of carbonyl (C=O) groups excluding carboxylic acids is 1. The summed E-state index contributed by atoms with van der Waals surface area (Å²) in [5.74, 6) is -0.0587. The quantitative estimate of drug-likeness (QED) is 0.578. The molecule has 1 fully saturated rings. The standard InChI is InChI=1S/C13H16O3/c1-9(2)13(10-7-5-4-6-8-10)11(16-13)12(14)15-3/h4-9,11H,1-3H3. The lowest BCUT2D eigenvalue weighted by atomic mass is 9.85. The first-order valence-electron chi connectivity index (χ1n) is 5.44. The Balaban J connectivity index is 2.31. The maximum Gasteiger partial charge on any atom is 0.338 e. The lowest BCUT2D eigenvalue weighted by Gasteiger charge is -2.17. The number of benzene rings is 1. The molecule has 0 amide bonds. The first-order valence-corrected chi connectivity index (χ1v) is 5.44. The van der Waals surface area contributed by atoms with Crippen LogP contribution >= 0.6 is 0 Å². The molecule has 16 heavy (non-hydrogen) atoms. The predicted octanol–water partition coefficient (Wildman–Crippen LogP) is 2.11. The van der Waals surface area contributed by atoms with Gasteiger partial charge in [0.05, 0.1) is 7.11 Å². The maximum absolute atomic E-state index is 11.5. The second kappa shape index (κ2) is 3.91. The Hall–Kier alpha value is -1.35. The van der Waals surface area contributed by atoms with Crippen LogP contribution < -0.4 is 0 Å². The van der Waals surface area contributed by atoms with Crippen molar-refractivity contribution in [3.8, 4) is 0 Å². The second-order valence-corrected chi connectivity index (χ2v) is 4.33. The van der Waals surface area contributed by atoms with E-state index < -0.39 is 11.7 Å². The average Bonchev–Trinajstić information content (AvgIpc) is 3.06. The second-order valence-electron chi connectivity index (χ2n) is 4.33. The molecule has 2 rings (SSSR count). The molecule has 3 nitrogen and oxygen atoms in total. The van der Waals surface area contributed by atoms with E-state index in [2.05, 4.69) is 13.8 Å². The molecule has 0 saturated carbocycles. The molecule has 0 radical (unpaired) electrons. The average molecular weight is 220 g/mol. The zero-order valence-electron chi connectivity index (χ0n) is 9.77. The predicted molar refractivity (Wildman–Crippen MR) is 59.8 cm³/mol. The molecule has 0 N–H and O–H groups in total. The molecule has 0 spiro atoms. The number of epoxide rings is 1. The highest BCUT2D eigenvalue weighted by Crippen LogP contribution is 2.52. The van der Waals surface area contributed by atoms with Gasteiger partial charge in [-0.2, -0.15) is 0 Å². The number of rotatable bonds is 3. The Kier molecular flexibility index (Phi) is 2.72. The van der Waals surface area contributed by atoms with E-state index in [0.29, 0.717) is 0 Å². The normalized spacial score (nSPS) is 27.9. The molecule has 1 aliphatic rings. The molecule has 2 atom stereocenters. The zero-order valence-corrected chi connectivity index (χ0v) is 9.77. The Morgan fingerprint density at radius 2 is 2.00 bits per heavy atom. The van der Waals surface area contributed by atoms with Crippen molar-refractivity contribution >= 4 is 5.97 Å². The third-order valence-corrected chi connectivity index (χ3v) is 3.14. The minimum absolute atomic E-state index is 0.235. The lowest BCUT2D eigenvalue weighted by molar-refractivity contribution is -0.142. The van der Waals surface area contributed by atoms with E-state index >= 15 is 0 Å². The Morgan fingerprint density at radius 3 is 2.50 bits per heavy atom. The number of hydrogen-bond acceptors (Lipinski definition) is 3. The fraction of sp³-hybridized carbons (Fsp3) is 0.462. The molecule has 1 heterocycles. The van der Waals surface area contributed by atoms with Gasteiger partial charge in [-0.15, -0.1) is 0 Å². The van der Waals surface area contributed by atoms with Gasteiger partial charge < -0.3 is 9.47 Å². The van der Waals surface area contributed by atoms with Crippen LogP contribution in [0.4, 0.5) is 0 Å². The van der Waals surface area contributed by atoms with Gasteiger partial charge in [-0.05, 0) is 11.5 Å². The van der Waals surface area contributed by atoms with Crippen LogP contribution in [-0.2, 0) is 19.9 Å². The molecule has 0 aliphatic carbocycles. The van der Waals surface area contributed by atoms with Crippen molar-refractivity contribution in [2.45, 2.75) is 25.6 Å². The van der Waals surface area contributed by atoms with Gasteiger partial charge in [-0.25, -0.2) is 4.79 Å². The molecule has 0 aromatic heterocycles. The van der Waals surface area contributed by atoms with Gasteiger partial charge in [-0.3, -0.25) is 0 Å².